The summed E-state index contributed by atoms with van der Waals surface area (Å²) in [5.74, 6) is 0. The van der Waals surface area contributed by atoms with Crippen molar-refractivity contribution in [3.63, 3.8) is 0 Å². The molecule has 1 aromatic carbocycles. The Kier molecular flexibility index (Phi) is 4.42. The Labute approximate surface area is 118 Å². The van der Waals surface area contributed by atoms with Gasteiger partial charge in [0.25, 0.3) is 0 Å². The molecule has 1 aliphatic rings. The van der Waals surface area contributed by atoms with Crippen molar-refractivity contribution in [2.45, 2.75) is 18.9 Å². The third-order valence-corrected chi connectivity index (χ3v) is 3.55. The lowest BCUT2D eigenvalue weighted by molar-refractivity contribution is -0.829. The molecule has 0 saturated heterocycles. The van der Waals surface area contributed by atoms with E-state index < -0.39 is 0 Å². The van der Waals surface area contributed by atoms with E-state index in [0.29, 0.717) is 6.04 Å². The molecule has 5 nitrogen and oxygen atoms in total. The maximum Gasteiger partial charge on any atom is 0.194 e. The molecule has 4 N–H and O–H groups in total. The van der Waals surface area contributed by atoms with Crippen LogP contribution >= 0.6 is 11.6 Å². The number of quaternary nitrogens is 1. The van der Waals surface area contributed by atoms with Gasteiger partial charge in [-0.25, -0.2) is 9.83 Å². The van der Waals surface area contributed by atoms with Crippen molar-refractivity contribution in [1.29, 1.82) is 0 Å². The zero-order chi connectivity index (χ0) is 14.0. The van der Waals surface area contributed by atoms with Gasteiger partial charge in [-0.15, -0.1) is 0 Å². The van der Waals surface area contributed by atoms with Crippen LogP contribution < -0.4 is 11.2 Å². The molecule has 0 amide bonds. The van der Waals surface area contributed by atoms with E-state index in [1.54, 1.807) is 12.6 Å². The van der Waals surface area contributed by atoms with Crippen LogP contribution in [0.1, 0.15) is 11.1 Å². The van der Waals surface area contributed by atoms with Crippen LogP contribution in [0.15, 0.2) is 17.1 Å². The predicted molar refractivity (Wildman–Crippen MR) is 77.1 cm³/mol. The van der Waals surface area contributed by atoms with Gasteiger partial charge >= 0.3 is 0 Å². The van der Waals surface area contributed by atoms with E-state index in [2.05, 4.69) is 36.1 Å². The van der Waals surface area contributed by atoms with E-state index in [0.717, 1.165) is 24.2 Å². The van der Waals surface area contributed by atoms with E-state index in [4.69, 9.17) is 22.2 Å². The molecule has 0 saturated carbocycles. The Bertz CT molecular complexity index is 498. The number of hydrogen-bond acceptors (Lipinski definition) is 3. The molecule has 104 valence electrons. The second-order valence-corrected chi connectivity index (χ2v) is 5.38. The number of nitrogens with two attached hydrogens (primary N) is 2. The molecule has 0 bridgehead atoms. The van der Waals surface area contributed by atoms with Crippen LogP contribution in [-0.2, 0) is 17.7 Å². The smallest absolute Gasteiger partial charge is 0.194 e. The lowest BCUT2D eigenvalue weighted by Crippen LogP contribution is -2.76. The first-order valence-electron chi connectivity index (χ1n) is 6.19. The van der Waals surface area contributed by atoms with E-state index in [1.165, 1.54) is 11.1 Å². The molecule has 0 radical (unpaired) electrons. The first-order valence-corrected chi connectivity index (χ1v) is 6.57. The maximum atomic E-state index is 5.68. The highest BCUT2D eigenvalue weighted by atomic mass is 35.5. The topological polar surface area (TPSA) is 67.5 Å². The molecule has 0 aliphatic heterocycles. The van der Waals surface area contributed by atoms with Crippen molar-refractivity contribution in [2.75, 3.05) is 21.2 Å². The summed E-state index contributed by atoms with van der Waals surface area (Å²) in [5, 5.41) is 0.0351. The predicted octanol–water partition coefficient (Wildman–Crippen LogP) is 0.657. The minimum Gasteiger partial charge on any atom is -0.374 e. The number of amidine groups is 1. The molecule has 0 fully saturated rings. The highest BCUT2D eigenvalue weighted by Crippen LogP contribution is 2.32. The Hall–Kier alpha value is -1.14. The minimum absolute atomic E-state index is 0.0351. The SMILES string of the molecule is CO[NH2+]c1cc2c(cc1N=C(N)Cl)CC(N(C)C)C2. The number of fused-ring (bicyclic) bond motifs is 1. The summed E-state index contributed by atoms with van der Waals surface area (Å²) in [4.78, 5) is 11.5. The average molecular weight is 284 g/mol. The number of halogens is 1. The van der Waals surface area contributed by atoms with Gasteiger partial charge in [-0.05, 0) is 55.7 Å². The number of hydrogen-bond donors (Lipinski definition) is 2. The normalized spacial score (nSPS) is 19.0. The highest BCUT2D eigenvalue weighted by Gasteiger charge is 2.25. The van der Waals surface area contributed by atoms with Crippen LogP contribution in [0.3, 0.4) is 0 Å². The molecule has 1 aliphatic carbocycles. The van der Waals surface area contributed by atoms with Crippen LogP contribution in [0.25, 0.3) is 0 Å². The molecule has 0 aromatic heterocycles. The van der Waals surface area contributed by atoms with Crippen molar-refractivity contribution in [3.05, 3.63) is 23.3 Å². The monoisotopic (exact) mass is 283 g/mol. The van der Waals surface area contributed by atoms with Crippen molar-refractivity contribution in [1.82, 2.24) is 4.90 Å². The van der Waals surface area contributed by atoms with Crippen LogP contribution in [0.2, 0.25) is 0 Å². The van der Waals surface area contributed by atoms with Crippen molar-refractivity contribution in [3.8, 4) is 0 Å². The molecule has 1 aromatic rings. The second-order valence-electron chi connectivity index (χ2n) is 4.99. The van der Waals surface area contributed by atoms with Crippen LogP contribution in [0.4, 0.5) is 11.4 Å². The quantitative estimate of drug-likeness (QED) is 0.280. The molecule has 2 rings (SSSR count). The van der Waals surface area contributed by atoms with Crippen molar-refractivity contribution in [2.24, 2.45) is 10.7 Å². The summed E-state index contributed by atoms with van der Waals surface area (Å²) in [6.07, 6.45) is 2.08. The van der Waals surface area contributed by atoms with Crippen LogP contribution in [0.5, 0.6) is 0 Å². The number of benzene rings is 1. The lowest BCUT2D eigenvalue weighted by atomic mass is 10.1. The number of nitrogens with zero attached hydrogens (tertiary/aromatic N) is 2. The van der Waals surface area contributed by atoms with E-state index in [-0.39, 0.29) is 5.29 Å². The van der Waals surface area contributed by atoms with E-state index >= 15 is 0 Å². The third kappa shape index (κ3) is 3.25. The van der Waals surface area contributed by atoms with E-state index in [1.807, 2.05) is 0 Å². The Morgan fingerprint density at radius 3 is 2.58 bits per heavy atom. The van der Waals surface area contributed by atoms with Gasteiger partial charge in [0.15, 0.2) is 11.0 Å². The zero-order valence-corrected chi connectivity index (χ0v) is 12.2. The second kappa shape index (κ2) is 5.88. The number of aliphatic imine (C=N–C) groups is 1. The molecule has 1 atom stereocenters. The first-order chi connectivity index (χ1) is 9.01. The summed E-state index contributed by atoms with van der Waals surface area (Å²) in [6.45, 7) is 0. The number of likely N-dealkylation sites (N-methyl/N-ethyl adjacent to an activating group) is 1. The van der Waals surface area contributed by atoms with Crippen molar-refractivity contribution >= 4 is 28.3 Å². The lowest BCUT2D eigenvalue weighted by Gasteiger charge is -2.17. The summed E-state index contributed by atoms with van der Waals surface area (Å²) in [7, 11) is 5.83. The van der Waals surface area contributed by atoms with Gasteiger partial charge in [0.1, 0.15) is 5.69 Å². The summed E-state index contributed by atoms with van der Waals surface area (Å²) < 4.78 is 0. The Balaban J connectivity index is 2.37. The number of rotatable bonds is 4. The fourth-order valence-corrected chi connectivity index (χ4v) is 2.54. The summed E-state index contributed by atoms with van der Waals surface area (Å²) >= 11 is 5.68. The molecule has 1 unspecified atom stereocenters. The van der Waals surface area contributed by atoms with E-state index in [9.17, 15) is 0 Å². The fourth-order valence-electron chi connectivity index (χ4n) is 2.45. The highest BCUT2D eigenvalue weighted by molar-refractivity contribution is 6.64. The molecular weight excluding hydrogens is 264 g/mol. The summed E-state index contributed by atoms with van der Waals surface area (Å²) in [6, 6.07) is 4.71. The Morgan fingerprint density at radius 1 is 1.42 bits per heavy atom. The fraction of sp³-hybridized carbons (Fsp3) is 0.462. The van der Waals surface area contributed by atoms with Crippen molar-refractivity contribution < 1.29 is 10.3 Å². The minimum atomic E-state index is 0.0351. The van der Waals surface area contributed by atoms with Crippen LogP contribution in [-0.4, -0.2) is 37.4 Å². The standard InChI is InChI=1S/C13H19ClN4O/c1-18(2)10-4-8-6-11(16-13(14)15)12(17-19-3)7-9(8)5-10/h6-7,10,17H,4-5H2,1-3H3,(H2,15,16)/p+1. The molecule has 19 heavy (non-hydrogen) atoms. The molecule has 0 heterocycles. The van der Waals surface area contributed by atoms with Gasteiger partial charge in [-0.3, -0.25) is 0 Å². The van der Waals surface area contributed by atoms with Gasteiger partial charge in [0, 0.05) is 12.1 Å². The largest absolute Gasteiger partial charge is 0.374 e. The van der Waals surface area contributed by atoms with Gasteiger partial charge in [0.2, 0.25) is 0 Å². The van der Waals surface area contributed by atoms with Crippen LogP contribution in [0, 0.1) is 0 Å². The third-order valence-electron chi connectivity index (χ3n) is 3.46. The zero-order valence-electron chi connectivity index (χ0n) is 11.5. The van der Waals surface area contributed by atoms with Gasteiger partial charge in [0.05, 0.1) is 7.11 Å². The van der Waals surface area contributed by atoms with Gasteiger partial charge in [-0.2, -0.15) is 5.48 Å². The van der Waals surface area contributed by atoms with Gasteiger partial charge < -0.3 is 10.6 Å². The summed E-state index contributed by atoms with van der Waals surface area (Å²) in [5.41, 5.74) is 11.4. The maximum absolute atomic E-state index is 5.68. The Morgan fingerprint density at radius 2 is 2.05 bits per heavy atom. The average Bonchev–Trinajstić information content (AvgIpc) is 2.72. The van der Waals surface area contributed by atoms with Gasteiger partial charge in [-0.1, -0.05) is 0 Å². The first kappa shape index (κ1) is 14.3. The molecular formula is C13H20ClN4O+. The molecule has 0 spiro atoms. The molecule has 6 heteroatoms.